The number of benzene rings is 1. The molecule has 1 aliphatic rings. The Balaban J connectivity index is 2.40. The van der Waals surface area contributed by atoms with E-state index in [0.717, 1.165) is 6.42 Å². The Bertz CT molecular complexity index is 573. The molecule has 1 saturated heterocycles. The molecule has 2 atom stereocenters. The van der Waals surface area contributed by atoms with Crippen molar-refractivity contribution < 1.29 is 13.5 Å². The molecule has 106 valence electrons. The zero-order valence-corrected chi connectivity index (χ0v) is 12.6. The fourth-order valence-electron chi connectivity index (χ4n) is 2.56. The maximum Gasteiger partial charge on any atom is 0.243 e. The summed E-state index contributed by atoms with van der Waals surface area (Å²) in [5.74, 6) is 0.370. The van der Waals surface area contributed by atoms with Crippen LogP contribution in [0.2, 0.25) is 5.02 Å². The van der Waals surface area contributed by atoms with Crippen LogP contribution in [0.15, 0.2) is 23.1 Å². The summed E-state index contributed by atoms with van der Waals surface area (Å²) >= 11 is 5.89. The van der Waals surface area contributed by atoms with Crippen molar-refractivity contribution in [2.24, 2.45) is 5.92 Å². The molecule has 0 saturated carbocycles. The first-order chi connectivity index (χ1) is 8.86. The van der Waals surface area contributed by atoms with Gasteiger partial charge in [-0.2, -0.15) is 4.31 Å². The van der Waals surface area contributed by atoms with Crippen LogP contribution in [-0.4, -0.2) is 30.4 Å². The number of aliphatic hydroxyl groups excluding tert-OH is 1. The normalized spacial score (nSPS) is 24.8. The summed E-state index contributed by atoms with van der Waals surface area (Å²) in [6, 6.07) is 4.47. The van der Waals surface area contributed by atoms with Gasteiger partial charge in [0.15, 0.2) is 0 Å². The van der Waals surface area contributed by atoms with E-state index < -0.39 is 10.0 Å². The number of hydrogen-bond donors (Lipinski definition) is 1. The van der Waals surface area contributed by atoms with Gasteiger partial charge in [-0.05, 0) is 43.0 Å². The second kappa shape index (κ2) is 5.40. The fraction of sp³-hybridized carbons (Fsp3) is 0.538. The minimum Gasteiger partial charge on any atom is -0.392 e. The van der Waals surface area contributed by atoms with Crippen molar-refractivity contribution in [3.05, 3.63) is 28.8 Å². The molecule has 1 aromatic rings. The molecule has 1 aromatic carbocycles. The maximum atomic E-state index is 12.6. The first-order valence-corrected chi connectivity index (χ1v) is 8.09. The van der Waals surface area contributed by atoms with Crippen LogP contribution >= 0.6 is 11.6 Å². The summed E-state index contributed by atoms with van der Waals surface area (Å²) in [6.45, 7) is 4.24. The Morgan fingerprint density at radius 2 is 2.11 bits per heavy atom. The van der Waals surface area contributed by atoms with E-state index in [1.165, 1.54) is 22.5 Å². The van der Waals surface area contributed by atoms with Gasteiger partial charge in [-0.15, -0.1) is 0 Å². The largest absolute Gasteiger partial charge is 0.392 e. The SMILES string of the molecule is CC1CC(C)N(S(=O)(=O)c2ccc(Cl)c(CO)c2)C1. The molecule has 6 heteroatoms. The van der Waals surface area contributed by atoms with Gasteiger partial charge in [0.25, 0.3) is 0 Å². The molecule has 2 unspecified atom stereocenters. The van der Waals surface area contributed by atoms with Crippen molar-refractivity contribution in [1.29, 1.82) is 0 Å². The Kier molecular flexibility index (Phi) is 4.20. The van der Waals surface area contributed by atoms with E-state index in [4.69, 9.17) is 11.6 Å². The summed E-state index contributed by atoms with van der Waals surface area (Å²) in [4.78, 5) is 0.196. The number of rotatable bonds is 3. The van der Waals surface area contributed by atoms with Crippen LogP contribution in [0, 0.1) is 5.92 Å². The molecule has 4 nitrogen and oxygen atoms in total. The van der Waals surface area contributed by atoms with Crippen molar-refractivity contribution in [2.75, 3.05) is 6.54 Å². The molecule has 0 aromatic heterocycles. The predicted molar refractivity (Wildman–Crippen MR) is 74.5 cm³/mol. The third-order valence-electron chi connectivity index (χ3n) is 3.52. The lowest BCUT2D eigenvalue weighted by Gasteiger charge is -2.21. The summed E-state index contributed by atoms with van der Waals surface area (Å²) in [5, 5.41) is 9.55. The van der Waals surface area contributed by atoms with Crippen molar-refractivity contribution in [3.8, 4) is 0 Å². The molecule has 2 rings (SSSR count). The van der Waals surface area contributed by atoms with Gasteiger partial charge < -0.3 is 5.11 Å². The molecular weight excluding hydrogens is 286 g/mol. The second-order valence-corrected chi connectivity index (χ2v) is 7.47. The second-order valence-electron chi connectivity index (χ2n) is 5.18. The molecule has 0 radical (unpaired) electrons. The maximum absolute atomic E-state index is 12.6. The van der Waals surface area contributed by atoms with Crippen LogP contribution in [0.5, 0.6) is 0 Å². The van der Waals surface area contributed by atoms with Gasteiger partial charge in [0.1, 0.15) is 0 Å². The lowest BCUT2D eigenvalue weighted by atomic mass is 10.1. The summed E-state index contributed by atoms with van der Waals surface area (Å²) < 4.78 is 26.7. The molecule has 0 amide bonds. The van der Waals surface area contributed by atoms with Crippen molar-refractivity contribution >= 4 is 21.6 Å². The highest BCUT2D eigenvalue weighted by molar-refractivity contribution is 7.89. The zero-order valence-electron chi connectivity index (χ0n) is 11.0. The summed E-state index contributed by atoms with van der Waals surface area (Å²) in [5.41, 5.74) is 0.433. The van der Waals surface area contributed by atoms with Crippen LogP contribution in [0.25, 0.3) is 0 Å². The van der Waals surface area contributed by atoms with Crippen molar-refractivity contribution in [2.45, 2.75) is 37.8 Å². The third kappa shape index (κ3) is 2.79. The van der Waals surface area contributed by atoms with E-state index in [0.29, 0.717) is 23.0 Å². The molecule has 19 heavy (non-hydrogen) atoms. The highest BCUT2D eigenvalue weighted by Gasteiger charge is 2.36. The van der Waals surface area contributed by atoms with Crippen molar-refractivity contribution in [1.82, 2.24) is 4.31 Å². The number of sulfonamides is 1. The molecule has 1 aliphatic heterocycles. The van der Waals surface area contributed by atoms with Gasteiger partial charge in [-0.25, -0.2) is 8.42 Å². The lowest BCUT2D eigenvalue weighted by Crippen LogP contribution is -2.34. The Labute approximate surface area is 119 Å². The minimum absolute atomic E-state index is 0.00764. The molecule has 1 fully saturated rings. The first kappa shape index (κ1) is 14.8. The smallest absolute Gasteiger partial charge is 0.243 e. The standard InChI is InChI=1S/C13H18ClNO3S/c1-9-5-10(2)15(7-9)19(17,18)12-3-4-13(14)11(6-12)8-16/h3-4,6,9-10,16H,5,7-8H2,1-2H3. The van der Waals surface area contributed by atoms with E-state index in [-0.39, 0.29) is 17.5 Å². The van der Waals surface area contributed by atoms with E-state index >= 15 is 0 Å². The van der Waals surface area contributed by atoms with Crippen LogP contribution in [0.3, 0.4) is 0 Å². The number of hydrogen-bond acceptors (Lipinski definition) is 3. The van der Waals surface area contributed by atoms with Gasteiger partial charge in [0.05, 0.1) is 11.5 Å². The average Bonchev–Trinajstić information content (AvgIpc) is 2.69. The molecule has 1 N–H and O–H groups in total. The Morgan fingerprint density at radius 1 is 1.42 bits per heavy atom. The van der Waals surface area contributed by atoms with Crippen LogP contribution in [0.1, 0.15) is 25.8 Å². The summed E-state index contributed by atoms with van der Waals surface area (Å²) in [7, 11) is -3.51. The van der Waals surface area contributed by atoms with E-state index in [1.807, 2.05) is 13.8 Å². The molecular formula is C13H18ClNO3S. The molecule has 0 aliphatic carbocycles. The average molecular weight is 304 g/mol. The summed E-state index contributed by atoms with van der Waals surface area (Å²) in [6.07, 6.45) is 0.875. The monoisotopic (exact) mass is 303 g/mol. The molecule has 0 bridgehead atoms. The zero-order chi connectivity index (χ0) is 14.2. The quantitative estimate of drug-likeness (QED) is 0.932. The number of nitrogens with zero attached hydrogens (tertiary/aromatic N) is 1. The number of halogens is 1. The van der Waals surface area contributed by atoms with Gasteiger partial charge in [0.2, 0.25) is 10.0 Å². The highest BCUT2D eigenvalue weighted by atomic mass is 35.5. The fourth-order valence-corrected chi connectivity index (χ4v) is 4.55. The number of aliphatic hydroxyl groups is 1. The Hall–Kier alpha value is -0.620. The van der Waals surface area contributed by atoms with Crippen LogP contribution in [0.4, 0.5) is 0 Å². The molecule has 1 heterocycles. The van der Waals surface area contributed by atoms with E-state index in [2.05, 4.69) is 0 Å². The topological polar surface area (TPSA) is 57.6 Å². The van der Waals surface area contributed by atoms with Crippen LogP contribution in [-0.2, 0) is 16.6 Å². The van der Waals surface area contributed by atoms with Gasteiger partial charge in [0, 0.05) is 17.6 Å². The predicted octanol–water partition coefficient (Wildman–Crippen LogP) is 2.25. The molecule has 0 spiro atoms. The Morgan fingerprint density at radius 3 is 2.63 bits per heavy atom. The van der Waals surface area contributed by atoms with Gasteiger partial charge >= 0.3 is 0 Å². The van der Waals surface area contributed by atoms with Gasteiger partial charge in [-0.3, -0.25) is 0 Å². The van der Waals surface area contributed by atoms with Crippen molar-refractivity contribution in [3.63, 3.8) is 0 Å². The van der Waals surface area contributed by atoms with E-state index in [1.54, 1.807) is 0 Å². The first-order valence-electron chi connectivity index (χ1n) is 6.27. The van der Waals surface area contributed by atoms with Gasteiger partial charge in [-0.1, -0.05) is 18.5 Å². The van der Waals surface area contributed by atoms with E-state index in [9.17, 15) is 13.5 Å². The highest BCUT2D eigenvalue weighted by Crippen LogP contribution is 2.30. The third-order valence-corrected chi connectivity index (χ3v) is 5.87. The lowest BCUT2D eigenvalue weighted by molar-refractivity contribution is 0.281. The minimum atomic E-state index is -3.51. The van der Waals surface area contributed by atoms with Crippen LogP contribution < -0.4 is 0 Å².